The molecule has 30 heavy (non-hydrogen) atoms. The predicted octanol–water partition coefficient (Wildman–Crippen LogP) is 2.58. The van der Waals surface area contributed by atoms with Crippen molar-refractivity contribution in [2.45, 2.75) is 76.4 Å². The predicted molar refractivity (Wildman–Crippen MR) is 112 cm³/mol. The number of nitrogens with zero attached hydrogens (tertiary/aromatic N) is 3. The molecule has 3 fully saturated rings. The summed E-state index contributed by atoms with van der Waals surface area (Å²) >= 11 is 0. The van der Waals surface area contributed by atoms with Gasteiger partial charge in [0.2, 0.25) is 11.8 Å². The van der Waals surface area contributed by atoms with Gasteiger partial charge in [0.15, 0.2) is 0 Å². The smallest absolute Gasteiger partial charge is 0.273 e. The van der Waals surface area contributed by atoms with Gasteiger partial charge in [0, 0.05) is 48.3 Å². The van der Waals surface area contributed by atoms with Crippen LogP contribution in [0.5, 0.6) is 0 Å². The quantitative estimate of drug-likeness (QED) is 0.754. The van der Waals surface area contributed by atoms with Gasteiger partial charge in [0.25, 0.3) is 5.91 Å². The molecular weight excluding hydrogens is 380 g/mol. The second-order valence-electron chi connectivity index (χ2n) is 9.28. The first-order valence-electron chi connectivity index (χ1n) is 11.3. The van der Waals surface area contributed by atoms with Crippen molar-refractivity contribution in [3.63, 3.8) is 0 Å². The number of benzene rings is 1. The van der Waals surface area contributed by atoms with Gasteiger partial charge in [0.05, 0.1) is 6.54 Å². The molecule has 1 aromatic rings. The molecule has 2 aliphatic heterocycles. The van der Waals surface area contributed by atoms with E-state index < -0.39 is 0 Å². The number of piperidine rings is 1. The lowest BCUT2D eigenvalue weighted by Crippen LogP contribution is -2.52. The van der Waals surface area contributed by atoms with Gasteiger partial charge in [-0.05, 0) is 63.0 Å². The van der Waals surface area contributed by atoms with E-state index in [4.69, 9.17) is 5.73 Å². The Morgan fingerprint density at radius 3 is 2.33 bits per heavy atom. The van der Waals surface area contributed by atoms with Gasteiger partial charge < -0.3 is 10.6 Å². The molecule has 0 spiro atoms. The lowest BCUT2D eigenvalue weighted by Gasteiger charge is -2.39. The molecule has 0 unspecified atom stereocenters. The largest absolute Gasteiger partial charge is 0.368 e. The topological polar surface area (TPSA) is 86.9 Å². The molecule has 1 aromatic carbocycles. The number of anilines is 1. The van der Waals surface area contributed by atoms with E-state index in [1.165, 1.54) is 17.9 Å². The maximum absolute atomic E-state index is 13.2. The third kappa shape index (κ3) is 3.49. The number of fused-ring (bicyclic) bond motifs is 1. The summed E-state index contributed by atoms with van der Waals surface area (Å²) in [7, 11) is 0. The van der Waals surface area contributed by atoms with Gasteiger partial charge in [-0.15, -0.1) is 0 Å². The summed E-state index contributed by atoms with van der Waals surface area (Å²) in [4.78, 5) is 40.5. The van der Waals surface area contributed by atoms with Crippen molar-refractivity contribution in [1.29, 1.82) is 0 Å². The minimum absolute atomic E-state index is 0.243. The van der Waals surface area contributed by atoms with Crippen molar-refractivity contribution in [3.05, 3.63) is 29.3 Å². The van der Waals surface area contributed by atoms with E-state index in [2.05, 4.69) is 11.0 Å². The van der Waals surface area contributed by atoms with Crippen molar-refractivity contribution in [2.24, 2.45) is 11.7 Å². The number of hydrazine groups is 1. The number of carbonyl (C=O) groups excluding carboxylic acids is 3. The fraction of sp³-hybridized carbons (Fsp3) is 0.609. The summed E-state index contributed by atoms with van der Waals surface area (Å²) in [6, 6.07) is 6.58. The maximum atomic E-state index is 13.2. The molecule has 0 aromatic heterocycles. The van der Waals surface area contributed by atoms with Crippen molar-refractivity contribution >= 4 is 23.4 Å². The fourth-order valence-corrected chi connectivity index (χ4v) is 5.18. The molecule has 2 heterocycles. The van der Waals surface area contributed by atoms with Crippen LogP contribution in [0.15, 0.2) is 18.2 Å². The Morgan fingerprint density at radius 2 is 1.67 bits per heavy atom. The highest BCUT2D eigenvalue weighted by molar-refractivity contribution is 6.05. The Balaban J connectivity index is 1.46. The molecule has 2 N–H and O–H groups in total. The van der Waals surface area contributed by atoms with Gasteiger partial charge in [-0.1, -0.05) is 6.07 Å². The van der Waals surface area contributed by atoms with Crippen molar-refractivity contribution in [3.8, 4) is 0 Å². The lowest BCUT2D eigenvalue weighted by atomic mass is 9.89. The zero-order valence-corrected chi connectivity index (χ0v) is 17.4. The molecule has 7 heteroatoms. The highest BCUT2D eigenvalue weighted by Gasteiger charge is 2.41. The molecule has 4 aliphatic rings. The van der Waals surface area contributed by atoms with E-state index in [1.807, 2.05) is 12.1 Å². The molecule has 160 valence electrons. The van der Waals surface area contributed by atoms with Crippen LogP contribution in [0.2, 0.25) is 0 Å². The molecule has 1 saturated heterocycles. The average molecular weight is 411 g/mol. The lowest BCUT2D eigenvalue weighted by molar-refractivity contribution is -0.163. The third-order valence-corrected chi connectivity index (χ3v) is 7.06. The summed E-state index contributed by atoms with van der Waals surface area (Å²) in [5, 5.41) is 2.46. The first kappa shape index (κ1) is 19.5. The van der Waals surface area contributed by atoms with Crippen molar-refractivity contribution in [2.75, 3.05) is 11.4 Å². The first-order valence-corrected chi connectivity index (χ1v) is 11.3. The molecule has 2 saturated carbocycles. The summed E-state index contributed by atoms with van der Waals surface area (Å²) < 4.78 is 0. The molecule has 3 amide bonds. The number of hydrogen-bond donors (Lipinski definition) is 1. The molecule has 0 bridgehead atoms. The zero-order valence-electron chi connectivity index (χ0n) is 17.4. The van der Waals surface area contributed by atoms with Crippen LogP contribution in [0.4, 0.5) is 5.69 Å². The minimum Gasteiger partial charge on any atom is -0.368 e. The first-order chi connectivity index (χ1) is 14.5. The van der Waals surface area contributed by atoms with E-state index in [9.17, 15) is 14.4 Å². The van der Waals surface area contributed by atoms with Crippen LogP contribution in [0, 0.1) is 5.92 Å². The Hall–Kier alpha value is -2.41. The van der Waals surface area contributed by atoms with E-state index in [0.717, 1.165) is 54.4 Å². The fourth-order valence-electron chi connectivity index (χ4n) is 5.18. The van der Waals surface area contributed by atoms with Crippen LogP contribution >= 0.6 is 0 Å². The molecule has 0 atom stereocenters. The number of nitrogens with two attached hydrogens (primary N) is 1. The monoisotopic (exact) mass is 410 g/mol. The Kier molecular flexibility index (Phi) is 5.01. The second kappa shape index (κ2) is 7.69. The number of amides is 3. The molecular formula is C23H30N4O3. The molecule has 7 nitrogen and oxygen atoms in total. The van der Waals surface area contributed by atoms with Crippen molar-refractivity contribution < 1.29 is 14.4 Å². The average Bonchev–Trinajstić information content (AvgIpc) is 3.50. The number of carbonyl (C=O) groups is 3. The van der Waals surface area contributed by atoms with Crippen LogP contribution in [0.1, 0.15) is 73.7 Å². The van der Waals surface area contributed by atoms with E-state index in [-0.39, 0.29) is 24.3 Å². The van der Waals surface area contributed by atoms with Gasteiger partial charge in [0.1, 0.15) is 0 Å². The van der Waals surface area contributed by atoms with Crippen LogP contribution < -0.4 is 10.6 Å². The molecule has 0 radical (unpaired) electrons. The summed E-state index contributed by atoms with van der Waals surface area (Å²) in [6.07, 6.45) is 7.91. The summed E-state index contributed by atoms with van der Waals surface area (Å²) in [6.45, 7) is 1.29. The molecule has 2 aliphatic carbocycles. The summed E-state index contributed by atoms with van der Waals surface area (Å²) in [5.41, 5.74) is 8.80. The van der Waals surface area contributed by atoms with Gasteiger partial charge in [-0.3, -0.25) is 14.4 Å². The van der Waals surface area contributed by atoms with Crippen LogP contribution in [0.25, 0.3) is 0 Å². The number of rotatable bonds is 5. The van der Waals surface area contributed by atoms with E-state index in [1.54, 1.807) is 0 Å². The van der Waals surface area contributed by atoms with Crippen LogP contribution in [-0.2, 0) is 16.1 Å². The van der Waals surface area contributed by atoms with Crippen molar-refractivity contribution in [1.82, 2.24) is 10.0 Å². The standard InChI is InChI=1S/C23H30N4O3/c24-16-9-11-17(12-10-16)25(13-15-7-8-15)20-4-1-3-18-19(20)14-26(23(18)30)27-21(28)5-2-6-22(27)29/h1,3-4,15-17H,2,5-14,24H2. The SMILES string of the molecule is NC1CCC(N(CC2CC2)c2cccc3c2CN(N2C(=O)CCCC2=O)C3=O)CC1. The zero-order chi connectivity index (χ0) is 20.8. The van der Waals surface area contributed by atoms with Crippen LogP contribution in [-0.4, -0.2) is 46.4 Å². The molecule has 5 rings (SSSR count). The summed E-state index contributed by atoms with van der Waals surface area (Å²) in [5.74, 6) is -0.0717. The normalized spacial score (nSPS) is 26.9. The Bertz CT molecular complexity index is 857. The third-order valence-electron chi connectivity index (χ3n) is 7.06. The highest BCUT2D eigenvalue weighted by Crippen LogP contribution is 2.39. The number of hydrogen-bond acceptors (Lipinski definition) is 5. The second-order valence-corrected chi connectivity index (χ2v) is 9.28. The number of imide groups is 1. The van der Waals surface area contributed by atoms with Gasteiger partial charge in [-0.2, -0.15) is 5.01 Å². The maximum Gasteiger partial charge on any atom is 0.273 e. The Labute approximate surface area is 177 Å². The van der Waals surface area contributed by atoms with Crippen LogP contribution in [0.3, 0.4) is 0 Å². The highest BCUT2D eigenvalue weighted by atomic mass is 16.2. The minimum atomic E-state index is -0.273. The van der Waals surface area contributed by atoms with E-state index in [0.29, 0.717) is 36.9 Å². The van der Waals surface area contributed by atoms with Gasteiger partial charge in [-0.25, -0.2) is 5.01 Å². The Morgan fingerprint density at radius 1 is 0.967 bits per heavy atom. The van der Waals surface area contributed by atoms with Gasteiger partial charge >= 0.3 is 0 Å². The van der Waals surface area contributed by atoms with E-state index >= 15 is 0 Å².